The second-order valence-electron chi connectivity index (χ2n) is 8.24. The quantitative estimate of drug-likeness (QED) is 0.143. The molecule has 2 aromatic carbocycles. The molecule has 14 heteroatoms. The number of carbonyl (C=O) groups is 1. The predicted molar refractivity (Wildman–Crippen MR) is 146 cm³/mol. The van der Waals surface area contributed by atoms with Gasteiger partial charge in [0, 0.05) is 37.0 Å². The van der Waals surface area contributed by atoms with Crippen LogP contribution < -0.4 is 26.2 Å². The lowest BCUT2D eigenvalue weighted by Crippen LogP contribution is -2.17. The smallest absolute Gasteiger partial charge is 0.349 e. The molecule has 0 saturated heterocycles. The number of methoxy groups -OCH3 is 3. The average molecular weight is 551 g/mol. The number of H-pyrrole nitrogens is 1. The molecule has 0 unspecified atom stereocenters. The van der Waals surface area contributed by atoms with E-state index >= 15 is 0 Å². The normalized spacial score (nSPS) is 11.1. The van der Waals surface area contributed by atoms with Gasteiger partial charge in [0.15, 0.2) is 23.1 Å². The summed E-state index contributed by atoms with van der Waals surface area (Å²) < 4.78 is 17.6. The van der Waals surface area contributed by atoms with Crippen molar-refractivity contribution in [1.29, 1.82) is 5.41 Å². The highest BCUT2D eigenvalue weighted by Gasteiger charge is 2.24. The zero-order chi connectivity index (χ0) is 29.2. The number of aliphatic carboxylic acids is 1. The van der Waals surface area contributed by atoms with E-state index in [-0.39, 0.29) is 18.3 Å². The van der Waals surface area contributed by atoms with Gasteiger partial charge in [-0.05, 0) is 54.1 Å². The molecule has 4 aromatic rings. The van der Waals surface area contributed by atoms with Gasteiger partial charge in [0.2, 0.25) is 0 Å². The van der Waals surface area contributed by atoms with Crippen molar-refractivity contribution < 1.29 is 24.1 Å². The first-order chi connectivity index (χ1) is 19.2. The van der Waals surface area contributed by atoms with E-state index in [0.717, 1.165) is 22.7 Å². The molecule has 210 valence electrons. The van der Waals surface area contributed by atoms with Crippen LogP contribution in [0.2, 0.25) is 0 Å². The van der Waals surface area contributed by atoms with Crippen LogP contribution in [-0.4, -0.2) is 63.2 Å². The van der Waals surface area contributed by atoms with Crippen LogP contribution in [0.5, 0.6) is 11.5 Å². The van der Waals surface area contributed by atoms with Crippen molar-refractivity contribution in [3.8, 4) is 17.3 Å². The summed E-state index contributed by atoms with van der Waals surface area (Å²) in [6.45, 7) is 1.36. The third-order valence-corrected chi connectivity index (χ3v) is 5.40. The molecule has 2 heterocycles. The minimum atomic E-state index is -0.833. The standard InChI is InChI=1S/C24H26N8O4.C2H4O2/c1-34-13-16-11-15(12-18(35-2)21(16)36-3)20(28-17-8-6-14(7-9-17)22(25)26)23-29-24(33)32(31-23)19-5-4-10-27-30-19;1-2(3)4/h4-12,20,28H,13H2,1-3H3,(H3,25,26)(H,29,31,33);1H3,(H,3,4)/t20-;/m0./s1. The van der Waals surface area contributed by atoms with Crippen LogP contribution in [0.1, 0.15) is 35.5 Å². The van der Waals surface area contributed by atoms with Gasteiger partial charge < -0.3 is 30.4 Å². The Bertz CT molecular complexity index is 1500. The van der Waals surface area contributed by atoms with Crippen molar-refractivity contribution in [1.82, 2.24) is 25.0 Å². The molecule has 0 saturated carbocycles. The predicted octanol–water partition coefficient (Wildman–Crippen LogP) is 2.09. The minimum Gasteiger partial charge on any atom is -0.493 e. The maximum Gasteiger partial charge on any atom is 0.349 e. The van der Waals surface area contributed by atoms with Crippen LogP contribution >= 0.6 is 0 Å². The number of hydrogen-bond acceptors (Lipinski definition) is 10. The van der Waals surface area contributed by atoms with E-state index in [2.05, 4.69) is 25.6 Å². The number of amidine groups is 1. The summed E-state index contributed by atoms with van der Waals surface area (Å²) >= 11 is 0. The van der Waals surface area contributed by atoms with E-state index in [0.29, 0.717) is 28.6 Å². The van der Waals surface area contributed by atoms with Gasteiger partial charge in [0.1, 0.15) is 11.9 Å². The molecule has 0 spiro atoms. The number of anilines is 1. The van der Waals surface area contributed by atoms with E-state index in [9.17, 15) is 4.79 Å². The fraction of sp³-hybridized carbons (Fsp3) is 0.231. The maximum atomic E-state index is 12.8. The summed E-state index contributed by atoms with van der Waals surface area (Å²) in [4.78, 5) is 24.6. The Morgan fingerprint density at radius 2 is 1.88 bits per heavy atom. The number of rotatable bonds is 10. The molecule has 0 aliphatic heterocycles. The number of carboxylic acids is 1. The summed E-state index contributed by atoms with van der Waals surface area (Å²) in [6.07, 6.45) is 1.51. The van der Waals surface area contributed by atoms with Crippen LogP contribution in [0.4, 0.5) is 5.69 Å². The number of aromatic amines is 1. The van der Waals surface area contributed by atoms with Crippen molar-refractivity contribution in [3.63, 3.8) is 0 Å². The first-order valence-electron chi connectivity index (χ1n) is 11.8. The third-order valence-electron chi connectivity index (χ3n) is 5.40. The van der Waals surface area contributed by atoms with Crippen molar-refractivity contribution in [3.05, 3.63) is 87.7 Å². The van der Waals surface area contributed by atoms with Crippen molar-refractivity contribution in [2.24, 2.45) is 5.73 Å². The van der Waals surface area contributed by atoms with Gasteiger partial charge >= 0.3 is 5.69 Å². The Hall–Kier alpha value is -5.24. The third kappa shape index (κ3) is 7.20. The number of hydrogen-bond donors (Lipinski definition) is 5. The van der Waals surface area contributed by atoms with E-state index in [1.165, 1.54) is 6.20 Å². The Balaban J connectivity index is 0.00000103. The van der Waals surface area contributed by atoms with Crippen LogP contribution in [0.3, 0.4) is 0 Å². The minimum absolute atomic E-state index is 0.0331. The number of nitrogens with two attached hydrogens (primary N) is 1. The number of ether oxygens (including phenoxy) is 3. The first kappa shape index (κ1) is 29.3. The van der Waals surface area contributed by atoms with Gasteiger partial charge in [0.25, 0.3) is 5.97 Å². The zero-order valence-corrected chi connectivity index (χ0v) is 22.3. The Kier molecular flexibility index (Phi) is 9.91. The average Bonchev–Trinajstić information content (AvgIpc) is 3.33. The summed E-state index contributed by atoms with van der Waals surface area (Å²) in [6, 6.07) is 13.4. The van der Waals surface area contributed by atoms with E-state index in [1.807, 2.05) is 6.07 Å². The molecule has 0 fully saturated rings. The first-order valence-corrected chi connectivity index (χ1v) is 11.8. The maximum absolute atomic E-state index is 12.8. The zero-order valence-electron chi connectivity index (χ0n) is 22.3. The Morgan fingerprint density at radius 3 is 2.42 bits per heavy atom. The molecule has 4 rings (SSSR count). The molecule has 40 heavy (non-hydrogen) atoms. The fourth-order valence-corrected chi connectivity index (χ4v) is 3.75. The van der Waals surface area contributed by atoms with Crippen molar-refractivity contribution >= 4 is 17.5 Å². The number of aromatic nitrogens is 5. The molecule has 14 nitrogen and oxygen atoms in total. The monoisotopic (exact) mass is 550 g/mol. The number of carboxylic acid groups (broad SMARTS) is 1. The molecule has 6 N–H and O–H groups in total. The molecule has 2 aromatic heterocycles. The van der Waals surface area contributed by atoms with E-state index in [4.69, 9.17) is 35.3 Å². The van der Waals surface area contributed by atoms with Gasteiger partial charge in [-0.3, -0.25) is 15.2 Å². The number of benzene rings is 2. The second kappa shape index (κ2) is 13.5. The molecular weight excluding hydrogens is 520 g/mol. The van der Waals surface area contributed by atoms with Gasteiger partial charge in [-0.2, -0.15) is 9.78 Å². The van der Waals surface area contributed by atoms with Crippen molar-refractivity contribution in [2.75, 3.05) is 26.6 Å². The highest BCUT2D eigenvalue weighted by atomic mass is 16.5. The molecule has 1 atom stereocenters. The lowest BCUT2D eigenvalue weighted by Gasteiger charge is -2.21. The van der Waals surface area contributed by atoms with Crippen LogP contribution in [0.25, 0.3) is 5.82 Å². The largest absolute Gasteiger partial charge is 0.493 e. The van der Waals surface area contributed by atoms with E-state index in [1.54, 1.807) is 63.8 Å². The Morgan fingerprint density at radius 1 is 1.18 bits per heavy atom. The highest BCUT2D eigenvalue weighted by Crippen LogP contribution is 2.37. The number of nitrogen functional groups attached to an aromatic ring is 1. The van der Waals surface area contributed by atoms with Crippen LogP contribution in [0.15, 0.2) is 59.5 Å². The van der Waals surface area contributed by atoms with Crippen LogP contribution in [-0.2, 0) is 16.1 Å². The summed E-state index contributed by atoms with van der Waals surface area (Å²) in [7, 11) is 4.69. The second-order valence-corrected chi connectivity index (χ2v) is 8.24. The molecule has 0 bridgehead atoms. The Labute approximate surface area is 229 Å². The fourth-order valence-electron chi connectivity index (χ4n) is 3.75. The summed E-state index contributed by atoms with van der Waals surface area (Å²) in [5.41, 5.74) is 7.90. The molecular formula is C26H30N8O6. The molecule has 0 aliphatic rings. The lowest BCUT2D eigenvalue weighted by atomic mass is 10.0. The van der Waals surface area contributed by atoms with Gasteiger partial charge in [-0.1, -0.05) is 0 Å². The van der Waals surface area contributed by atoms with Gasteiger partial charge in [-0.15, -0.1) is 10.2 Å². The van der Waals surface area contributed by atoms with Crippen LogP contribution in [0, 0.1) is 5.41 Å². The number of nitrogens with zero attached hydrogens (tertiary/aromatic N) is 4. The topological polar surface area (TPSA) is 203 Å². The summed E-state index contributed by atoms with van der Waals surface area (Å²) in [5.74, 6) is 0.788. The molecule has 0 amide bonds. The van der Waals surface area contributed by atoms with E-state index < -0.39 is 17.7 Å². The highest BCUT2D eigenvalue weighted by molar-refractivity contribution is 5.95. The summed E-state index contributed by atoms with van der Waals surface area (Å²) in [5, 5.41) is 30.7. The number of nitrogens with one attached hydrogen (secondary N) is 3. The molecule has 0 aliphatic carbocycles. The lowest BCUT2D eigenvalue weighted by molar-refractivity contribution is -0.134. The van der Waals surface area contributed by atoms with Crippen molar-refractivity contribution in [2.45, 2.75) is 19.6 Å². The van der Waals surface area contributed by atoms with Gasteiger partial charge in [0.05, 0.1) is 20.8 Å². The SMILES string of the molecule is CC(=O)O.COCc1cc([C@H](Nc2ccc(C(=N)N)cc2)c2nn(-c3cccnn3)c(=O)[nH]2)cc(OC)c1OC. The van der Waals surface area contributed by atoms with Gasteiger partial charge in [-0.25, -0.2) is 4.79 Å². The molecule has 0 radical (unpaired) electrons.